The molecule has 1 fully saturated rings. The molecule has 0 spiro atoms. The van der Waals surface area contributed by atoms with E-state index in [-0.39, 0.29) is 7.12 Å². The van der Waals surface area contributed by atoms with Crippen LogP contribution in [0.25, 0.3) is 0 Å². The molecule has 0 aliphatic carbocycles. The summed E-state index contributed by atoms with van der Waals surface area (Å²) in [7, 11) is -0.269. The zero-order valence-electron chi connectivity index (χ0n) is 8.98. The Morgan fingerprint density at radius 1 is 1.12 bits per heavy atom. The van der Waals surface area contributed by atoms with Crippen LogP contribution in [0.1, 0.15) is 12.0 Å². The van der Waals surface area contributed by atoms with Crippen molar-refractivity contribution >= 4 is 12.6 Å². The summed E-state index contributed by atoms with van der Waals surface area (Å²) in [6.45, 7) is 2.38. The highest BCUT2D eigenvalue weighted by atomic mass is 16.7. The van der Waals surface area contributed by atoms with Gasteiger partial charge in [0.05, 0.1) is 6.61 Å². The Kier molecular flexibility index (Phi) is 2.82. The Bertz CT molecular complexity index is 376. The largest absolute Gasteiger partial charge is 0.494 e. The minimum absolute atomic E-state index is 0.269. The van der Waals surface area contributed by atoms with Crippen LogP contribution in [-0.2, 0) is 20.7 Å². The van der Waals surface area contributed by atoms with Crippen LogP contribution >= 0.6 is 0 Å². The van der Waals surface area contributed by atoms with Crippen LogP contribution in [0, 0.1) is 0 Å². The molecule has 4 nitrogen and oxygen atoms in total. The van der Waals surface area contributed by atoms with Crippen LogP contribution in [0.15, 0.2) is 18.2 Å². The van der Waals surface area contributed by atoms with E-state index in [9.17, 15) is 0 Å². The van der Waals surface area contributed by atoms with Crippen molar-refractivity contribution in [2.75, 3.05) is 20.0 Å². The van der Waals surface area contributed by atoms with E-state index in [4.69, 9.17) is 18.8 Å². The third-order valence-corrected chi connectivity index (χ3v) is 2.79. The summed E-state index contributed by atoms with van der Waals surface area (Å²) < 4.78 is 21.9. The van der Waals surface area contributed by atoms with E-state index in [1.165, 1.54) is 0 Å². The predicted octanol–water partition coefficient (Wildman–Crippen LogP) is 0.685. The zero-order valence-corrected chi connectivity index (χ0v) is 8.98. The number of fused-ring (bicyclic) bond motifs is 1. The quantitative estimate of drug-likeness (QED) is 0.652. The topological polar surface area (TPSA) is 36.9 Å². The molecule has 0 amide bonds. The minimum atomic E-state index is -0.269. The van der Waals surface area contributed by atoms with E-state index in [1.54, 1.807) is 0 Å². The molecular formula is C11H13BO4. The van der Waals surface area contributed by atoms with Crippen LogP contribution in [0.4, 0.5) is 0 Å². The van der Waals surface area contributed by atoms with Gasteiger partial charge in [-0.2, -0.15) is 0 Å². The Labute approximate surface area is 94.6 Å². The second kappa shape index (κ2) is 4.45. The van der Waals surface area contributed by atoms with Gasteiger partial charge in [-0.15, -0.1) is 0 Å². The predicted molar refractivity (Wildman–Crippen MR) is 58.6 cm³/mol. The molecule has 0 bridgehead atoms. The zero-order chi connectivity index (χ0) is 10.8. The van der Waals surface area contributed by atoms with E-state index < -0.39 is 0 Å². The average molecular weight is 220 g/mol. The summed E-state index contributed by atoms with van der Waals surface area (Å²) in [4.78, 5) is 0. The van der Waals surface area contributed by atoms with E-state index in [0.29, 0.717) is 13.4 Å². The Balaban J connectivity index is 1.93. The van der Waals surface area contributed by atoms with Gasteiger partial charge in [0.15, 0.2) is 6.79 Å². The molecule has 3 rings (SSSR count). The lowest BCUT2D eigenvalue weighted by Gasteiger charge is -2.25. The molecule has 2 aliphatic heterocycles. The smallest absolute Gasteiger partial charge is 0.467 e. The van der Waals surface area contributed by atoms with E-state index in [2.05, 4.69) is 0 Å². The van der Waals surface area contributed by atoms with E-state index in [1.807, 2.05) is 18.2 Å². The Morgan fingerprint density at radius 2 is 2.00 bits per heavy atom. The van der Waals surface area contributed by atoms with Crippen LogP contribution in [-0.4, -0.2) is 27.1 Å². The molecule has 0 atom stereocenters. The molecule has 0 radical (unpaired) electrons. The first-order chi connectivity index (χ1) is 7.95. The van der Waals surface area contributed by atoms with Crippen molar-refractivity contribution in [3.63, 3.8) is 0 Å². The van der Waals surface area contributed by atoms with Gasteiger partial charge in [-0.05, 0) is 17.9 Å². The van der Waals surface area contributed by atoms with Crippen molar-refractivity contribution < 1.29 is 18.8 Å². The summed E-state index contributed by atoms with van der Waals surface area (Å²) in [5.41, 5.74) is 2.07. The summed E-state index contributed by atoms with van der Waals surface area (Å²) in [6, 6.07) is 5.91. The molecular weight excluding hydrogens is 207 g/mol. The minimum Gasteiger partial charge on any atom is -0.467 e. The lowest BCUT2D eigenvalue weighted by atomic mass is 9.75. The lowest BCUT2D eigenvalue weighted by molar-refractivity contribution is -0.0160. The fraction of sp³-hybridized carbons (Fsp3) is 0.455. The monoisotopic (exact) mass is 220 g/mol. The van der Waals surface area contributed by atoms with Gasteiger partial charge < -0.3 is 18.8 Å². The van der Waals surface area contributed by atoms with Crippen LogP contribution in [0.2, 0.25) is 0 Å². The lowest BCUT2D eigenvalue weighted by Crippen LogP contribution is -2.43. The van der Waals surface area contributed by atoms with Crippen LogP contribution < -0.4 is 10.2 Å². The Morgan fingerprint density at radius 3 is 2.88 bits per heavy atom. The highest BCUT2D eigenvalue weighted by Crippen LogP contribution is 2.22. The molecule has 5 heteroatoms. The van der Waals surface area contributed by atoms with Crippen molar-refractivity contribution in [3.8, 4) is 5.75 Å². The van der Waals surface area contributed by atoms with Gasteiger partial charge in [-0.1, -0.05) is 12.1 Å². The molecule has 2 heterocycles. The van der Waals surface area contributed by atoms with Crippen molar-refractivity contribution in [1.29, 1.82) is 0 Å². The van der Waals surface area contributed by atoms with Crippen molar-refractivity contribution in [3.05, 3.63) is 23.8 Å². The fourth-order valence-electron chi connectivity index (χ4n) is 2.01. The third kappa shape index (κ3) is 1.82. The van der Waals surface area contributed by atoms with Gasteiger partial charge in [-0.3, -0.25) is 0 Å². The Hall–Kier alpha value is -1.04. The number of hydrogen-bond acceptors (Lipinski definition) is 4. The molecule has 2 aliphatic rings. The van der Waals surface area contributed by atoms with Gasteiger partial charge in [0.25, 0.3) is 0 Å². The number of rotatable bonds is 1. The molecule has 1 aromatic rings. The van der Waals surface area contributed by atoms with Gasteiger partial charge >= 0.3 is 7.12 Å². The van der Waals surface area contributed by atoms with Crippen molar-refractivity contribution in [2.24, 2.45) is 0 Å². The maximum Gasteiger partial charge on any atom is 0.494 e. The van der Waals surface area contributed by atoms with Crippen molar-refractivity contribution in [1.82, 2.24) is 0 Å². The van der Waals surface area contributed by atoms with Crippen molar-refractivity contribution in [2.45, 2.75) is 13.0 Å². The number of ether oxygens (including phenoxy) is 2. The normalized spacial score (nSPS) is 20.1. The standard InChI is InChI=1S/C11H13BO4/c1-3-10(12-15-5-2-6-16-12)9-7-13-8-14-11(9)4-1/h1,3-4H,2,5-8H2. The molecule has 1 aromatic carbocycles. The highest BCUT2D eigenvalue weighted by molar-refractivity contribution is 6.62. The number of hydrogen-bond donors (Lipinski definition) is 0. The van der Waals surface area contributed by atoms with Gasteiger partial charge in [-0.25, -0.2) is 0 Å². The van der Waals surface area contributed by atoms with E-state index >= 15 is 0 Å². The molecule has 1 saturated heterocycles. The maximum absolute atomic E-state index is 5.60. The second-order valence-electron chi connectivity index (χ2n) is 3.86. The summed E-state index contributed by atoms with van der Waals surface area (Å²) in [5, 5.41) is 0. The molecule has 16 heavy (non-hydrogen) atoms. The molecule has 0 unspecified atom stereocenters. The third-order valence-electron chi connectivity index (χ3n) is 2.79. The SMILES string of the molecule is c1cc2c(c(B3OCCCO3)c1)COCO2. The first-order valence-corrected chi connectivity index (χ1v) is 5.51. The first kappa shape index (κ1) is 10.1. The van der Waals surface area contributed by atoms with Crippen LogP contribution in [0.3, 0.4) is 0 Å². The average Bonchev–Trinajstić information content (AvgIpc) is 2.39. The van der Waals surface area contributed by atoms with Gasteiger partial charge in [0.1, 0.15) is 5.75 Å². The van der Waals surface area contributed by atoms with E-state index in [0.717, 1.165) is 36.4 Å². The molecule has 84 valence electrons. The first-order valence-electron chi connectivity index (χ1n) is 5.51. The summed E-state index contributed by atoms with van der Waals surface area (Å²) in [5.74, 6) is 0.876. The number of benzene rings is 1. The molecule has 0 aromatic heterocycles. The highest BCUT2D eigenvalue weighted by Gasteiger charge is 2.29. The molecule has 0 N–H and O–H groups in total. The summed E-state index contributed by atoms with van der Waals surface area (Å²) in [6.07, 6.45) is 0.957. The fourth-order valence-corrected chi connectivity index (χ4v) is 2.01. The van der Waals surface area contributed by atoms with Gasteiger partial charge in [0, 0.05) is 18.8 Å². The molecule has 0 saturated carbocycles. The second-order valence-corrected chi connectivity index (χ2v) is 3.86. The van der Waals surface area contributed by atoms with Gasteiger partial charge in [0.2, 0.25) is 0 Å². The maximum atomic E-state index is 5.60. The summed E-state index contributed by atoms with van der Waals surface area (Å²) >= 11 is 0. The van der Waals surface area contributed by atoms with Crippen LogP contribution in [0.5, 0.6) is 5.75 Å².